The largest absolute Gasteiger partial charge is 0.312 e. The summed E-state index contributed by atoms with van der Waals surface area (Å²) in [5, 5.41) is 2.54. The molecular weight excluding hydrogens is 396 g/mol. The first-order valence-corrected chi connectivity index (χ1v) is 11.6. The van der Waals surface area contributed by atoms with Crippen LogP contribution in [0.4, 0.5) is 5.82 Å². The zero-order valence-corrected chi connectivity index (χ0v) is 18.1. The molecule has 0 unspecified atom stereocenters. The fourth-order valence-corrected chi connectivity index (χ4v) is 5.08. The van der Waals surface area contributed by atoms with Gasteiger partial charge in [0.1, 0.15) is 0 Å². The van der Waals surface area contributed by atoms with Crippen molar-refractivity contribution in [3.05, 3.63) is 47.5 Å². The summed E-state index contributed by atoms with van der Waals surface area (Å²) in [6.07, 6.45) is 11.6. The number of aryl methyl sites for hydroxylation is 1. The van der Waals surface area contributed by atoms with Gasteiger partial charge in [-0.2, -0.15) is 9.97 Å². The van der Waals surface area contributed by atoms with Crippen molar-refractivity contribution in [2.24, 2.45) is 5.92 Å². The lowest BCUT2D eigenvalue weighted by Crippen LogP contribution is -2.38. The van der Waals surface area contributed by atoms with Crippen molar-refractivity contribution in [1.82, 2.24) is 24.5 Å². The fraction of sp³-hybridized carbons (Fsp3) is 0.522. The van der Waals surface area contributed by atoms with Crippen LogP contribution < -0.4 is 5.43 Å². The van der Waals surface area contributed by atoms with Crippen LogP contribution in [-0.4, -0.2) is 37.6 Å². The average molecular weight is 425 g/mol. The van der Waals surface area contributed by atoms with E-state index in [1.165, 1.54) is 56.9 Å². The molecule has 30 heavy (non-hydrogen) atoms. The van der Waals surface area contributed by atoms with Crippen molar-refractivity contribution in [2.75, 3.05) is 18.5 Å². The lowest BCUT2D eigenvalue weighted by molar-refractivity contribution is 0.210. The van der Waals surface area contributed by atoms with Crippen LogP contribution in [0, 0.1) is 5.92 Å². The molecule has 0 atom stereocenters. The number of halogens is 1. The molecule has 1 saturated carbocycles. The third-order valence-corrected chi connectivity index (χ3v) is 6.84. The number of piperidine rings is 1. The summed E-state index contributed by atoms with van der Waals surface area (Å²) >= 11 is 6.28. The molecule has 1 N–H and O–H groups in total. The Morgan fingerprint density at radius 1 is 1.00 bits per heavy atom. The minimum Gasteiger partial charge on any atom is -0.312 e. The van der Waals surface area contributed by atoms with Crippen molar-refractivity contribution in [3.8, 4) is 0 Å². The number of hydrogen-bond acceptors (Lipinski definition) is 5. The molecule has 0 amide bonds. The second-order valence-electron chi connectivity index (χ2n) is 8.67. The molecule has 1 aliphatic carbocycles. The van der Waals surface area contributed by atoms with Crippen molar-refractivity contribution in [2.45, 2.75) is 57.4 Å². The number of hydrazine groups is 1. The molecule has 7 heteroatoms. The molecule has 0 bridgehead atoms. The van der Waals surface area contributed by atoms with Crippen LogP contribution in [0.2, 0.25) is 5.28 Å². The molecule has 6 nitrogen and oxygen atoms in total. The summed E-state index contributed by atoms with van der Waals surface area (Å²) in [5.74, 6) is 1.50. The number of imidazole rings is 1. The summed E-state index contributed by atoms with van der Waals surface area (Å²) in [6, 6.07) is 11.3. The topological polar surface area (TPSA) is 58.9 Å². The monoisotopic (exact) mass is 424 g/mol. The van der Waals surface area contributed by atoms with Gasteiger partial charge in [-0.3, -0.25) is 0 Å². The van der Waals surface area contributed by atoms with Crippen molar-refractivity contribution < 1.29 is 0 Å². The van der Waals surface area contributed by atoms with E-state index in [4.69, 9.17) is 11.6 Å². The van der Waals surface area contributed by atoms with Gasteiger partial charge < -0.3 is 9.99 Å². The van der Waals surface area contributed by atoms with Gasteiger partial charge in [0.2, 0.25) is 5.28 Å². The Bertz CT molecular complexity index is 974. The van der Waals surface area contributed by atoms with Gasteiger partial charge in [-0.25, -0.2) is 9.99 Å². The molecule has 1 aromatic carbocycles. The Morgan fingerprint density at radius 2 is 1.77 bits per heavy atom. The molecular formula is C23H29ClN6. The second-order valence-corrected chi connectivity index (χ2v) is 9.01. The van der Waals surface area contributed by atoms with Crippen LogP contribution in [0.3, 0.4) is 0 Å². The molecule has 158 valence electrons. The van der Waals surface area contributed by atoms with E-state index in [-0.39, 0.29) is 5.28 Å². The van der Waals surface area contributed by atoms with Crippen LogP contribution >= 0.6 is 11.6 Å². The van der Waals surface area contributed by atoms with Crippen LogP contribution in [0.1, 0.15) is 56.6 Å². The van der Waals surface area contributed by atoms with E-state index in [1.807, 2.05) is 6.33 Å². The van der Waals surface area contributed by atoms with Gasteiger partial charge in [0.15, 0.2) is 17.0 Å². The summed E-state index contributed by atoms with van der Waals surface area (Å²) in [4.78, 5) is 13.6. The number of nitrogens with one attached hydrogen (secondary N) is 1. The van der Waals surface area contributed by atoms with E-state index >= 15 is 0 Å². The van der Waals surface area contributed by atoms with Crippen molar-refractivity contribution in [3.63, 3.8) is 0 Å². The lowest BCUT2D eigenvalue weighted by atomic mass is 9.91. The highest BCUT2D eigenvalue weighted by molar-refractivity contribution is 6.28. The Labute approximate surface area is 182 Å². The number of aromatic nitrogens is 4. The predicted octanol–water partition coefficient (Wildman–Crippen LogP) is 5.27. The first kappa shape index (κ1) is 19.8. The zero-order chi connectivity index (χ0) is 20.3. The number of hydrogen-bond donors (Lipinski definition) is 1. The van der Waals surface area contributed by atoms with Crippen LogP contribution in [-0.2, 0) is 6.42 Å². The highest BCUT2D eigenvalue weighted by Gasteiger charge is 2.24. The number of benzene rings is 1. The number of rotatable bonds is 6. The summed E-state index contributed by atoms with van der Waals surface area (Å²) in [6.45, 7) is 2.01. The van der Waals surface area contributed by atoms with Gasteiger partial charge in [-0.1, -0.05) is 43.2 Å². The SMILES string of the molecule is Clc1nc(NN2CCC(CCc3ccccc3)CC2)c2ncn(C3CCCC3)c2n1. The highest BCUT2D eigenvalue weighted by Crippen LogP contribution is 2.33. The van der Waals surface area contributed by atoms with Gasteiger partial charge in [0.05, 0.1) is 6.33 Å². The Hall–Kier alpha value is -2.18. The Kier molecular flexibility index (Phi) is 5.86. The van der Waals surface area contributed by atoms with E-state index in [0.29, 0.717) is 6.04 Å². The third-order valence-electron chi connectivity index (χ3n) is 6.67. The zero-order valence-electron chi connectivity index (χ0n) is 17.3. The van der Waals surface area contributed by atoms with Gasteiger partial charge in [0.25, 0.3) is 0 Å². The average Bonchev–Trinajstić information content (AvgIpc) is 3.44. The molecule has 1 aliphatic heterocycles. The maximum Gasteiger partial charge on any atom is 0.226 e. The standard InChI is InChI=1S/C23H29ClN6/c24-23-26-21(20-22(27-23)30(16-25-20)19-8-4-5-9-19)28-29-14-12-18(13-15-29)11-10-17-6-2-1-3-7-17/h1-3,6-7,16,18-19H,4-5,8-15H2,(H,26,27,28). The normalized spacial score (nSPS) is 19.0. The molecule has 1 saturated heterocycles. The molecule has 5 rings (SSSR count). The smallest absolute Gasteiger partial charge is 0.226 e. The van der Waals surface area contributed by atoms with Crippen LogP contribution in [0.5, 0.6) is 0 Å². The highest BCUT2D eigenvalue weighted by atomic mass is 35.5. The fourth-order valence-electron chi connectivity index (χ4n) is 4.92. The maximum atomic E-state index is 6.28. The third kappa shape index (κ3) is 4.30. The number of fused-ring (bicyclic) bond motifs is 1. The quantitative estimate of drug-likeness (QED) is 0.546. The minimum atomic E-state index is 0.280. The first-order chi connectivity index (χ1) is 14.8. The van der Waals surface area contributed by atoms with Gasteiger partial charge >= 0.3 is 0 Å². The Morgan fingerprint density at radius 3 is 2.53 bits per heavy atom. The molecule has 2 aliphatic rings. The molecule has 2 aromatic heterocycles. The van der Waals surface area contributed by atoms with Crippen LogP contribution in [0.25, 0.3) is 11.2 Å². The molecule has 3 aromatic rings. The van der Waals surface area contributed by atoms with E-state index < -0.39 is 0 Å². The minimum absolute atomic E-state index is 0.280. The van der Waals surface area contributed by atoms with E-state index in [9.17, 15) is 0 Å². The van der Waals surface area contributed by atoms with E-state index in [1.54, 1.807) is 0 Å². The first-order valence-electron chi connectivity index (χ1n) is 11.2. The van der Waals surface area contributed by atoms with Gasteiger partial charge in [-0.05, 0) is 61.6 Å². The van der Waals surface area contributed by atoms with Crippen molar-refractivity contribution in [1.29, 1.82) is 0 Å². The van der Waals surface area contributed by atoms with Crippen LogP contribution in [0.15, 0.2) is 36.7 Å². The van der Waals surface area contributed by atoms with Crippen molar-refractivity contribution >= 4 is 28.6 Å². The lowest BCUT2D eigenvalue weighted by Gasteiger charge is -2.32. The molecule has 2 fully saturated rings. The summed E-state index contributed by atoms with van der Waals surface area (Å²) in [5.41, 5.74) is 6.59. The number of nitrogens with zero attached hydrogens (tertiary/aromatic N) is 5. The molecule has 0 radical (unpaired) electrons. The van der Waals surface area contributed by atoms with E-state index in [2.05, 4.69) is 60.3 Å². The molecule has 0 spiro atoms. The van der Waals surface area contributed by atoms with Gasteiger partial charge in [-0.15, -0.1) is 0 Å². The Balaban J connectivity index is 1.22. The maximum absolute atomic E-state index is 6.28. The van der Waals surface area contributed by atoms with Gasteiger partial charge in [0, 0.05) is 19.1 Å². The summed E-state index contributed by atoms with van der Waals surface area (Å²) < 4.78 is 2.19. The number of anilines is 1. The predicted molar refractivity (Wildman–Crippen MR) is 121 cm³/mol. The summed E-state index contributed by atoms with van der Waals surface area (Å²) in [7, 11) is 0. The van der Waals surface area contributed by atoms with E-state index in [0.717, 1.165) is 36.0 Å². The molecule has 3 heterocycles. The second kappa shape index (κ2) is 8.90.